The third kappa shape index (κ3) is 4.71. The second-order valence-corrected chi connectivity index (χ2v) is 7.26. The summed E-state index contributed by atoms with van der Waals surface area (Å²) in [5.74, 6) is 1.70. The zero-order chi connectivity index (χ0) is 20.1. The van der Waals surface area contributed by atoms with Gasteiger partial charge in [0, 0.05) is 38.3 Å². The molecule has 0 radical (unpaired) electrons. The number of amides is 1. The molecule has 1 saturated heterocycles. The third-order valence-corrected chi connectivity index (χ3v) is 5.12. The normalized spacial score (nSPS) is 14.0. The lowest BCUT2D eigenvalue weighted by atomic mass is 10.1. The molecule has 1 aliphatic rings. The predicted octanol–water partition coefficient (Wildman–Crippen LogP) is 3.36. The second-order valence-electron chi connectivity index (χ2n) is 7.26. The van der Waals surface area contributed by atoms with Crippen molar-refractivity contribution in [2.45, 2.75) is 13.5 Å². The highest BCUT2D eigenvalue weighted by molar-refractivity contribution is 5.94. The Morgan fingerprint density at radius 2 is 1.72 bits per heavy atom. The molecular weight excluding hydrogens is 362 g/mol. The lowest BCUT2D eigenvalue weighted by molar-refractivity contribution is 0.0746. The molecule has 1 fully saturated rings. The minimum absolute atomic E-state index is 0.0971. The van der Waals surface area contributed by atoms with Crippen molar-refractivity contribution in [1.82, 2.24) is 15.1 Å². The van der Waals surface area contributed by atoms with Crippen molar-refractivity contribution >= 4 is 17.5 Å². The topological polar surface area (TPSA) is 61.4 Å². The molecule has 0 aliphatic carbocycles. The van der Waals surface area contributed by atoms with Crippen molar-refractivity contribution in [1.29, 1.82) is 0 Å². The van der Waals surface area contributed by atoms with E-state index in [1.807, 2.05) is 66.4 Å². The SMILES string of the molecule is Cc1cccc(C(=O)N2CCN(c3ccc(NCc4ccccc4)nn3)CC2)c1. The zero-order valence-corrected chi connectivity index (χ0v) is 16.6. The van der Waals surface area contributed by atoms with Crippen LogP contribution in [0.2, 0.25) is 0 Å². The van der Waals surface area contributed by atoms with Crippen LogP contribution in [0.3, 0.4) is 0 Å². The maximum atomic E-state index is 12.7. The summed E-state index contributed by atoms with van der Waals surface area (Å²) >= 11 is 0. The van der Waals surface area contributed by atoms with E-state index in [0.29, 0.717) is 19.6 Å². The van der Waals surface area contributed by atoms with Gasteiger partial charge in [-0.15, -0.1) is 10.2 Å². The Kier molecular flexibility index (Phi) is 5.70. The number of carbonyl (C=O) groups is 1. The average molecular weight is 387 g/mol. The van der Waals surface area contributed by atoms with Gasteiger partial charge in [0.05, 0.1) is 0 Å². The van der Waals surface area contributed by atoms with Gasteiger partial charge in [-0.2, -0.15) is 0 Å². The first-order chi connectivity index (χ1) is 14.2. The monoisotopic (exact) mass is 387 g/mol. The molecule has 6 nitrogen and oxygen atoms in total. The van der Waals surface area contributed by atoms with Gasteiger partial charge in [-0.1, -0.05) is 48.0 Å². The number of benzene rings is 2. The number of aryl methyl sites for hydroxylation is 1. The number of hydrogen-bond donors (Lipinski definition) is 1. The van der Waals surface area contributed by atoms with E-state index in [-0.39, 0.29) is 5.91 Å². The fourth-order valence-corrected chi connectivity index (χ4v) is 3.48. The molecule has 148 valence electrons. The first kappa shape index (κ1) is 18.9. The largest absolute Gasteiger partial charge is 0.365 e. The van der Waals surface area contributed by atoms with Crippen LogP contribution in [-0.4, -0.2) is 47.2 Å². The number of hydrogen-bond acceptors (Lipinski definition) is 5. The van der Waals surface area contributed by atoms with Crippen LogP contribution in [0.15, 0.2) is 66.7 Å². The van der Waals surface area contributed by atoms with Gasteiger partial charge in [0.2, 0.25) is 0 Å². The third-order valence-electron chi connectivity index (χ3n) is 5.12. The van der Waals surface area contributed by atoms with Gasteiger partial charge in [0.25, 0.3) is 5.91 Å². The molecule has 1 aliphatic heterocycles. The van der Waals surface area contributed by atoms with E-state index >= 15 is 0 Å². The van der Waals surface area contributed by atoms with Crippen molar-refractivity contribution in [2.24, 2.45) is 0 Å². The van der Waals surface area contributed by atoms with Crippen LogP contribution in [-0.2, 0) is 6.54 Å². The summed E-state index contributed by atoms with van der Waals surface area (Å²) in [6, 6.07) is 21.9. The summed E-state index contributed by atoms with van der Waals surface area (Å²) in [4.78, 5) is 16.8. The number of piperazine rings is 1. The van der Waals surface area contributed by atoms with Crippen molar-refractivity contribution < 1.29 is 4.79 Å². The van der Waals surface area contributed by atoms with Crippen LogP contribution in [0.4, 0.5) is 11.6 Å². The molecule has 4 rings (SSSR count). The fourth-order valence-electron chi connectivity index (χ4n) is 3.48. The minimum atomic E-state index is 0.0971. The smallest absolute Gasteiger partial charge is 0.253 e. The first-order valence-electron chi connectivity index (χ1n) is 9.91. The Labute approximate surface area is 171 Å². The molecule has 0 atom stereocenters. The summed E-state index contributed by atoms with van der Waals surface area (Å²) < 4.78 is 0. The predicted molar refractivity (Wildman–Crippen MR) is 115 cm³/mol. The van der Waals surface area contributed by atoms with Gasteiger partial charge >= 0.3 is 0 Å². The van der Waals surface area contributed by atoms with E-state index in [1.54, 1.807) is 0 Å². The molecule has 1 N–H and O–H groups in total. The number of anilines is 2. The Bertz CT molecular complexity index is 951. The number of rotatable bonds is 5. The average Bonchev–Trinajstić information content (AvgIpc) is 2.78. The van der Waals surface area contributed by atoms with Gasteiger partial charge in [-0.25, -0.2) is 0 Å². The standard InChI is InChI=1S/C23H25N5O/c1-18-6-5-9-20(16-18)23(29)28-14-12-27(13-15-28)22-11-10-21(25-26-22)24-17-19-7-3-2-4-8-19/h2-11,16H,12-15,17H2,1H3,(H,24,25). The number of carbonyl (C=O) groups excluding carboxylic acids is 1. The minimum Gasteiger partial charge on any atom is -0.365 e. The van der Waals surface area contributed by atoms with Crippen LogP contribution < -0.4 is 10.2 Å². The van der Waals surface area contributed by atoms with Gasteiger partial charge < -0.3 is 15.1 Å². The molecule has 2 heterocycles. The van der Waals surface area contributed by atoms with Crippen LogP contribution in [0.1, 0.15) is 21.5 Å². The Hall–Kier alpha value is -3.41. The highest BCUT2D eigenvalue weighted by Crippen LogP contribution is 2.16. The van der Waals surface area contributed by atoms with Crippen LogP contribution in [0, 0.1) is 6.92 Å². The maximum absolute atomic E-state index is 12.7. The van der Waals surface area contributed by atoms with Crippen LogP contribution >= 0.6 is 0 Å². The van der Waals surface area contributed by atoms with Gasteiger partial charge in [0.15, 0.2) is 5.82 Å². The Balaban J connectivity index is 1.31. The fraction of sp³-hybridized carbons (Fsp3) is 0.261. The van der Waals surface area contributed by atoms with Crippen molar-refractivity contribution in [3.63, 3.8) is 0 Å². The Morgan fingerprint density at radius 3 is 2.41 bits per heavy atom. The molecule has 0 spiro atoms. The summed E-state index contributed by atoms with van der Waals surface area (Å²) in [6.07, 6.45) is 0. The van der Waals surface area contributed by atoms with Crippen LogP contribution in [0.5, 0.6) is 0 Å². The van der Waals surface area contributed by atoms with E-state index in [0.717, 1.165) is 35.9 Å². The zero-order valence-electron chi connectivity index (χ0n) is 16.6. The first-order valence-corrected chi connectivity index (χ1v) is 9.91. The molecule has 1 aromatic heterocycles. The molecular formula is C23H25N5O. The summed E-state index contributed by atoms with van der Waals surface area (Å²) in [7, 11) is 0. The summed E-state index contributed by atoms with van der Waals surface area (Å²) in [5.41, 5.74) is 3.06. The molecule has 3 aromatic rings. The molecule has 6 heteroatoms. The molecule has 29 heavy (non-hydrogen) atoms. The highest BCUT2D eigenvalue weighted by Gasteiger charge is 2.23. The number of nitrogens with one attached hydrogen (secondary N) is 1. The van der Waals surface area contributed by atoms with Gasteiger partial charge in [-0.3, -0.25) is 4.79 Å². The van der Waals surface area contributed by atoms with E-state index in [4.69, 9.17) is 0 Å². The molecule has 0 saturated carbocycles. The van der Waals surface area contributed by atoms with E-state index < -0.39 is 0 Å². The highest BCUT2D eigenvalue weighted by atomic mass is 16.2. The lowest BCUT2D eigenvalue weighted by Gasteiger charge is -2.35. The maximum Gasteiger partial charge on any atom is 0.253 e. The van der Waals surface area contributed by atoms with E-state index in [9.17, 15) is 4.79 Å². The summed E-state index contributed by atoms with van der Waals surface area (Å²) in [5, 5.41) is 12.0. The van der Waals surface area contributed by atoms with Crippen molar-refractivity contribution in [3.05, 3.63) is 83.4 Å². The number of nitrogens with zero attached hydrogens (tertiary/aromatic N) is 4. The second kappa shape index (κ2) is 8.73. The van der Waals surface area contributed by atoms with Crippen molar-refractivity contribution in [2.75, 3.05) is 36.4 Å². The Morgan fingerprint density at radius 1 is 0.931 bits per heavy atom. The summed E-state index contributed by atoms with van der Waals surface area (Å²) in [6.45, 7) is 5.59. The quantitative estimate of drug-likeness (QED) is 0.727. The molecule has 2 aromatic carbocycles. The van der Waals surface area contributed by atoms with Crippen molar-refractivity contribution in [3.8, 4) is 0 Å². The molecule has 1 amide bonds. The van der Waals surface area contributed by atoms with Gasteiger partial charge in [0.1, 0.15) is 5.82 Å². The van der Waals surface area contributed by atoms with E-state index in [2.05, 4.69) is 32.5 Å². The van der Waals surface area contributed by atoms with E-state index in [1.165, 1.54) is 5.56 Å². The lowest BCUT2D eigenvalue weighted by Crippen LogP contribution is -2.49. The van der Waals surface area contributed by atoms with Crippen LogP contribution in [0.25, 0.3) is 0 Å². The number of aromatic nitrogens is 2. The molecule has 0 unspecified atom stereocenters. The van der Waals surface area contributed by atoms with Gasteiger partial charge in [-0.05, 0) is 36.8 Å². The molecule has 0 bridgehead atoms.